The van der Waals surface area contributed by atoms with Gasteiger partial charge in [0.2, 0.25) is 6.79 Å². The Morgan fingerprint density at radius 1 is 1.15 bits per heavy atom. The summed E-state index contributed by atoms with van der Waals surface area (Å²) in [6, 6.07) is 9.82. The molecule has 0 saturated carbocycles. The van der Waals surface area contributed by atoms with E-state index in [2.05, 4.69) is 39.8 Å². The van der Waals surface area contributed by atoms with E-state index in [9.17, 15) is 4.79 Å². The minimum absolute atomic E-state index is 0.0218. The molecule has 5 rings (SSSR count). The summed E-state index contributed by atoms with van der Waals surface area (Å²) in [5.74, 6) is 1.77. The second-order valence-corrected chi connectivity index (χ2v) is 8.31. The molecule has 0 saturated heterocycles. The molecule has 27 heavy (non-hydrogen) atoms. The van der Waals surface area contributed by atoms with Crippen LogP contribution in [0.15, 0.2) is 35.3 Å². The Morgan fingerprint density at radius 2 is 1.93 bits per heavy atom. The zero-order chi connectivity index (χ0) is 18.9. The molecule has 0 N–H and O–H groups in total. The maximum atomic E-state index is 13.4. The van der Waals surface area contributed by atoms with Crippen LogP contribution < -0.4 is 14.4 Å². The molecule has 3 aliphatic rings. The molecule has 5 nitrogen and oxygen atoms in total. The van der Waals surface area contributed by atoms with Gasteiger partial charge >= 0.3 is 0 Å². The van der Waals surface area contributed by atoms with Crippen LogP contribution in [0.3, 0.4) is 0 Å². The van der Waals surface area contributed by atoms with E-state index in [1.165, 1.54) is 5.56 Å². The van der Waals surface area contributed by atoms with Gasteiger partial charge in [-0.1, -0.05) is 18.6 Å². The van der Waals surface area contributed by atoms with Gasteiger partial charge in [0.25, 0.3) is 5.91 Å². The number of hydrogen-bond acceptors (Lipinski definition) is 4. The Hall–Kier alpha value is -2.82. The molecule has 0 aromatic heterocycles. The number of aryl methyl sites for hydroxylation is 1. The van der Waals surface area contributed by atoms with Crippen molar-refractivity contribution in [3.63, 3.8) is 0 Å². The van der Waals surface area contributed by atoms with Crippen molar-refractivity contribution >= 4 is 23.0 Å². The van der Waals surface area contributed by atoms with Crippen LogP contribution in [0, 0.1) is 6.92 Å². The van der Waals surface area contributed by atoms with Gasteiger partial charge in [-0.3, -0.25) is 4.79 Å². The summed E-state index contributed by atoms with van der Waals surface area (Å²) in [5, 5.41) is 0. The first kappa shape index (κ1) is 16.4. The highest BCUT2D eigenvalue weighted by atomic mass is 16.7. The van der Waals surface area contributed by atoms with E-state index in [-0.39, 0.29) is 18.2 Å². The van der Waals surface area contributed by atoms with Crippen LogP contribution >= 0.6 is 0 Å². The molecule has 0 spiro atoms. The largest absolute Gasteiger partial charge is 0.454 e. The van der Waals surface area contributed by atoms with Crippen molar-refractivity contribution in [1.82, 2.24) is 0 Å². The molecule has 2 aromatic rings. The highest BCUT2D eigenvalue weighted by Gasteiger charge is 2.48. The zero-order valence-electron chi connectivity index (χ0n) is 16.0. The molecule has 0 fully saturated rings. The van der Waals surface area contributed by atoms with Crippen molar-refractivity contribution in [2.24, 2.45) is 4.99 Å². The van der Waals surface area contributed by atoms with Gasteiger partial charge in [-0.15, -0.1) is 0 Å². The van der Waals surface area contributed by atoms with E-state index in [1.54, 1.807) is 0 Å². The number of hydrogen-bond donors (Lipinski definition) is 0. The fourth-order valence-electron chi connectivity index (χ4n) is 4.66. The lowest BCUT2D eigenvalue weighted by atomic mass is 9.80. The smallest absolute Gasteiger partial charge is 0.278 e. The minimum Gasteiger partial charge on any atom is -0.454 e. The second kappa shape index (κ2) is 5.35. The first-order valence-corrected chi connectivity index (χ1v) is 9.33. The van der Waals surface area contributed by atoms with E-state index in [1.807, 2.05) is 23.1 Å². The lowest BCUT2D eigenvalue weighted by molar-refractivity contribution is -0.113. The van der Waals surface area contributed by atoms with Crippen LogP contribution in [0.1, 0.15) is 49.8 Å². The quantitative estimate of drug-likeness (QED) is 0.752. The van der Waals surface area contributed by atoms with Gasteiger partial charge in [-0.05, 0) is 56.9 Å². The number of carbonyl (C=O) groups is 1. The maximum Gasteiger partial charge on any atom is 0.278 e. The second-order valence-electron chi connectivity index (χ2n) is 8.31. The topological polar surface area (TPSA) is 51.1 Å². The number of benzene rings is 2. The van der Waals surface area contributed by atoms with Gasteiger partial charge in [0, 0.05) is 17.2 Å². The number of aliphatic imine (C=N–C) groups is 1. The Bertz CT molecular complexity index is 1020. The third kappa shape index (κ3) is 2.30. The maximum absolute atomic E-state index is 13.4. The average Bonchev–Trinajstić information content (AvgIpc) is 3.16. The Morgan fingerprint density at radius 3 is 2.74 bits per heavy atom. The molecule has 3 heterocycles. The minimum atomic E-state index is -0.236. The molecule has 3 aliphatic heterocycles. The van der Waals surface area contributed by atoms with Crippen molar-refractivity contribution in [1.29, 1.82) is 0 Å². The molecule has 0 bridgehead atoms. The van der Waals surface area contributed by atoms with Crippen LogP contribution in [-0.2, 0) is 4.79 Å². The van der Waals surface area contributed by atoms with Crippen molar-refractivity contribution in [2.45, 2.75) is 45.6 Å². The first-order chi connectivity index (χ1) is 12.8. The normalized spacial score (nSPS) is 23.1. The molecular formula is C22H22N2O3. The molecule has 138 valence electrons. The Kier molecular flexibility index (Phi) is 3.24. The highest BCUT2D eigenvalue weighted by Crippen LogP contribution is 2.49. The number of fused-ring (bicyclic) bond motifs is 1. The fraction of sp³-hybridized carbons (Fsp3) is 0.364. The van der Waals surface area contributed by atoms with Crippen molar-refractivity contribution in [3.8, 4) is 11.5 Å². The number of rotatable bonds is 1. The Labute approximate surface area is 158 Å². The standard InChI is InChI=1S/C22H22N2O3/c1-12-7-15-13(2)10-22(3,4)24-20(15)16(8-12)19(21(24)25)23-14-5-6-17-18(9-14)27-11-26-17/h5-9,13H,10-11H2,1-4H3. The number of amides is 1. The third-order valence-electron chi connectivity index (χ3n) is 5.71. The summed E-state index contributed by atoms with van der Waals surface area (Å²) in [4.78, 5) is 20.1. The summed E-state index contributed by atoms with van der Waals surface area (Å²) in [6.07, 6.45) is 0.936. The fourth-order valence-corrected chi connectivity index (χ4v) is 4.66. The average molecular weight is 362 g/mol. The number of ether oxygens (including phenoxy) is 2. The monoisotopic (exact) mass is 362 g/mol. The van der Waals surface area contributed by atoms with Gasteiger partial charge in [-0.2, -0.15) is 0 Å². The predicted molar refractivity (Wildman–Crippen MR) is 105 cm³/mol. The van der Waals surface area contributed by atoms with E-state index in [0.29, 0.717) is 28.8 Å². The third-order valence-corrected chi connectivity index (χ3v) is 5.71. The molecule has 1 amide bonds. The summed E-state index contributed by atoms with van der Waals surface area (Å²) in [5.41, 5.74) is 5.34. The summed E-state index contributed by atoms with van der Waals surface area (Å²) >= 11 is 0. The summed E-state index contributed by atoms with van der Waals surface area (Å²) < 4.78 is 10.8. The molecule has 0 aliphatic carbocycles. The highest BCUT2D eigenvalue weighted by molar-refractivity contribution is 6.55. The van der Waals surface area contributed by atoms with Crippen molar-refractivity contribution in [2.75, 3.05) is 11.7 Å². The zero-order valence-corrected chi connectivity index (χ0v) is 16.0. The summed E-state index contributed by atoms with van der Waals surface area (Å²) in [6.45, 7) is 8.81. The number of anilines is 1. The number of nitrogens with zero attached hydrogens (tertiary/aromatic N) is 2. The van der Waals surface area contributed by atoms with Gasteiger partial charge in [0.15, 0.2) is 11.5 Å². The lowest BCUT2D eigenvalue weighted by Crippen LogP contribution is -2.50. The van der Waals surface area contributed by atoms with Crippen LogP contribution in [0.25, 0.3) is 0 Å². The van der Waals surface area contributed by atoms with Gasteiger partial charge in [-0.25, -0.2) is 4.99 Å². The van der Waals surface area contributed by atoms with Crippen LogP contribution in [0.5, 0.6) is 11.5 Å². The molecule has 0 radical (unpaired) electrons. The number of carbonyl (C=O) groups excluding carboxylic acids is 1. The first-order valence-electron chi connectivity index (χ1n) is 9.33. The van der Waals surface area contributed by atoms with Gasteiger partial charge in [0.05, 0.1) is 11.4 Å². The van der Waals surface area contributed by atoms with E-state index < -0.39 is 0 Å². The molecule has 1 atom stereocenters. The predicted octanol–water partition coefficient (Wildman–Crippen LogP) is 4.48. The van der Waals surface area contributed by atoms with Gasteiger partial charge < -0.3 is 14.4 Å². The van der Waals surface area contributed by atoms with E-state index >= 15 is 0 Å². The Balaban J connectivity index is 1.70. The van der Waals surface area contributed by atoms with Crippen LogP contribution in [-0.4, -0.2) is 24.0 Å². The van der Waals surface area contributed by atoms with Crippen LogP contribution in [0.2, 0.25) is 0 Å². The van der Waals surface area contributed by atoms with Crippen molar-refractivity contribution < 1.29 is 14.3 Å². The lowest BCUT2D eigenvalue weighted by Gasteiger charge is -2.43. The molecule has 5 heteroatoms. The van der Waals surface area contributed by atoms with Gasteiger partial charge in [0.1, 0.15) is 5.71 Å². The SMILES string of the molecule is Cc1cc2c3c(c1)C(C)CC(C)(C)N3C(=O)C2=Nc1ccc2c(c1)OCO2. The summed E-state index contributed by atoms with van der Waals surface area (Å²) in [7, 11) is 0. The molecule has 1 unspecified atom stereocenters. The van der Waals surface area contributed by atoms with Crippen molar-refractivity contribution in [3.05, 3.63) is 47.0 Å². The van der Waals surface area contributed by atoms with E-state index in [4.69, 9.17) is 14.5 Å². The van der Waals surface area contributed by atoms with Crippen LogP contribution in [0.4, 0.5) is 11.4 Å². The molecule has 2 aromatic carbocycles. The molecular weight excluding hydrogens is 340 g/mol. The van der Waals surface area contributed by atoms with E-state index in [0.717, 1.165) is 23.2 Å².